The lowest BCUT2D eigenvalue weighted by Crippen LogP contribution is -2.28. The Balaban J connectivity index is 1.84. The Labute approximate surface area is 141 Å². The first kappa shape index (κ1) is 16.9. The van der Waals surface area contributed by atoms with Crippen LogP contribution in [0.25, 0.3) is 0 Å². The number of hydrogen-bond acceptors (Lipinski definition) is 2. The fourth-order valence-corrected chi connectivity index (χ4v) is 2.27. The summed E-state index contributed by atoms with van der Waals surface area (Å²) < 4.78 is 18.2. The molecule has 0 saturated heterocycles. The van der Waals surface area contributed by atoms with Crippen LogP contribution in [0.3, 0.4) is 0 Å². The first-order chi connectivity index (χ1) is 10.5. The fraction of sp³-hybridized carbons (Fsp3) is 0.133. The third-order valence-electron chi connectivity index (χ3n) is 2.75. The minimum absolute atomic E-state index is 0.0640. The van der Waals surface area contributed by atoms with Crippen LogP contribution < -0.4 is 10.1 Å². The molecule has 22 heavy (non-hydrogen) atoms. The average Bonchev–Trinajstić information content (AvgIpc) is 2.47. The third kappa shape index (κ3) is 4.77. The summed E-state index contributed by atoms with van der Waals surface area (Å²) in [6.07, 6.45) is 0. The molecule has 2 aromatic carbocycles. The molecule has 0 unspecified atom stereocenters. The number of halogens is 4. The molecular weight excluding hydrogens is 352 g/mol. The predicted molar refractivity (Wildman–Crippen MR) is 85.2 cm³/mol. The van der Waals surface area contributed by atoms with Gasteiger partial charge in [-0.05, 0) is 29.8 Å². The van der Waals surface area contributed by atoms with Crippen LogP contribution in [0.1, 0.15) is 5.56 Å². The lowest BCUT2D eigenvalue weighted by Gasteiger charge is -2.09. The molecule has 0 aliphatic rings. The summed E-state index contributed by atoms with van der Waals surface area (Å²) >= 11 is 17.4. The number of rotatable bonds is 5. The van der Waals surface area contributed by atoms with Crippen molar-refractivity contribution in [2.75, 3.05) is 6.61 Å². The SMILES string of the molecule is O=C(COc1ccc(F)c(Cl)c1)NCc1ccc(Cl)cc1Cl. The van der Waals surface area contributed by atoms with Crippen molar-refractivity contribution in [3.8, 4) is 5.75 Å². The molecule has 0 heterocycles. The maximum atomic E-state index is 13.0. The quantitative estimate of drug-likeness (QED) is 0.851. The summed E-state index contributed by atoms with van der Waals surface area (Å²) in [6.45, 7) is 0.0372. The van der Waals surface area contributed by atoms with Crippen molar-refractivity contribution < 1.29 is 13.9 Å². The minimum atomic E-state index is -0.546. The standard InChI is InChI=1S/C15H11Cl3FNO2/c16-10-2-1-9(12(17)5-10)7-20-15(21)8-22-11-3-4-14(19)13(18)6-11/h1-6H,7-8H2,(H,20,21). The molecule has 1 amide bonds. The van der Waals surface area contributed by atoms with Gasteiger partial charge in [0.1, 0.15) is 11.6 Å². The van der Waals surface area contributed by atoms with E-state index in [2.05, 4.69) is 5.32 Å². The van der Waals surface area contributed by atoms with E-state index in [1.165, 1.54) is 18.2 Å². The van der Waals surface area contributed by atoms with E-state index in [0.717, 1.165) is 5.56 Å². The Morgan fingerprint density at radius 2 is 1.86 bits per heavy atom. The van der Waals surface area contributed by atoms with E-state index in [1.54, 1.807) is 18.2 Å². The van der Waals surface area contributed by atoms with Crippen LogP contribution in [0.15, 0.2) is 36.4 Å². The zero-order chi connectivity index (χ0) is 16.1. The van der Waals surface area contributed by atoms with Gasteiger partial charge in [0.05, 0.1) is 5.02 Å². The Morgan fingerprint density at radius 1 is 1.09 bits per heavy atom. The van der Waals surface area contributed by atoms with Gasteiger partial charge < -0.3 is 10.1 Å². The van der Waals surface area contributed by atoms with E-state index in [1.807, 2.05) is 0 Å². The molecule has 2 rings (SSSR count). The second kappa shape index (κ2) is 7.68. The van der Waals surface area contributed by atoms with Gasteiger partial charge in [0, 0.05) is 22.7 Å². The molecule has 1 N–H and O–H groups in total. The largest absolute Gasteiger partial charge is 0.484 e. The molecule has 0 radical (unpaired) electrons. The van der Waals surface area contributed by atoms with E-state index in [-0.39, 0.29) is 24.1 Å². The molecule has 0 aliphatic heterocycles. The second-order valence-corrected chi connectivity index (χ2v) is 5.63. The highest BCUT2D eigenvalue weighted by Gasteiger charge is 2.07. The highest BCUT2D eigenvalue weighted by atomic mass is 35.5. The van der Waals surface area contributed by atoms with Crippen molar-refractivity contribution in [2.45, 2.75) is 6.54 Å². The minimum Gasteiger partial charge on any atom is -0.484 e. The van der Waals surface area contributed by atoms with Crippen LogP contribution in [0.2, 0.25) is 15.1 Å². The number of carbonyl (C=O) groups excluding carboxylic acids is 1. The number of carbonyl (C=O) groups is 1. The van der Waals surface area contributed by atoms with E-state index in [4.69, 9.17) is 39.5 Å². The summed E-state index contributed by atoms with van der Waals surface area (Å²) in [5, 5.41) is 3.59. The van der Waals surface area contributed by atoms with Crippen molar-refractivity contribution in [3.63, 3.8) is 0 Å². The Bertz CT molecular complexity index is 694. The summed E-state index contributed by atoms with van der Waals surface area (Å²) in [6, 6.07) is 8.88. The number of hydrogen-bond donors (Lipinski definition) is 1. The highest BCUT2D eigenvalue weighted by Crippen LogP contribution is 2.22. The maximum Gasteiger partial charge on any atom is 0.258 e. The first-order valence-electron chi connectivity index (χ1n) is 6.24. The van der Waals surface area contributed by atoms with Crippen LogP contribution in [0, 0.1) is 5.82 Å². The number of benzene rings is 2. The van der Waals surface area contributed by atoms with Gasteiger partial charge >= 0.3 is 0 Å². The lowest BCUT2D eigenvalue weighted by molar-refractivity contribution is -0.123. The van der Waals surface area contributed by atoms with E-state index < -0.39 is 5.82 Å². The van der Waals surface area contributed by atoms with Gasteiger partial charge in [0.2, 0.25) is 0 Å². The molecule has 0 atom stereocenters. The summed E-state index contributed by atoms with van der Waals surface area (Å²) in [4.78, 5) is 11.7. The van der Waals surface area contributed by atoms with Crippen molar-refractivity contribution in [3.05, 3.63) is 62.8 Å². The molecule has 2 aromatic rings. The van der Waals surface area contributed by atoms with Crippen LogP contribution in [-0.2, 0) is 11.3 Å². The van der Waals surface area contributed by atoms with Crippen molar-refractivity contribution >= 4 is 40.7 Å². The Hall–Kier alpha value is -1.49. The molecule has 0 bridgehead atoms. The monoisotopic (exact) mass is 361 g/mol. The van der Waals surface area contributed by atoms with Crippen molar-refractivity contribution in [2.24, 2.45) is 0 Å². The van der Waals surface area contributed by atoms with E-state index in [9.17, 15) is 9.18 Å². The Morgan fingerprint density at radius 3 is 2.55 bits per heavy atom. The zero-order valence-electron chi connectivity index (χ0n) is 11.2. The van der Waals surface area contributed by atoms with Gasteiger partial charge in [-0.3, -0.25) is 4.79 Å². The topological polar surface area (TPSA) is 38.3 Å². The predicted octanol–water partition coefficient (Wildman–Crippen LogP) is 4.48. The van der Waals surface area contributed by atoms with Gasteiger partial charge in [-0.25, -0.2) is 4.39 Å². The zero-order valence-corrected chi connectivity index (χ0v) is 13.5. The molecule has 0 saturated carbocycles. The smallest absolute Gasteiger partial charge is 0.258 e. The molecule has 0 aromatic heterocycles. The van der Waals surface area contributed by atoms with Crippen LogP contribution >= 0.6 is 34.8 Å². The summed E-state index contributed by atoms with van der Waals surface area (Å²) in [5.74, 6) is -0.576. The number of amides is 1. The molecule has 0 fully saturated rings. The van der Waals surface area contributed by atoms with Gasteiger partial charge in [0.15, 0.2) is 6.61 Å². The Kier molecular flexibility index (Phi) is 5.89. The second-order valence-electron chi connectivity index (χ2n) is 4.38. The van der Waals surface area contributed by atoms with Gasteiger partial charge in [-0.15, -0.1) is 0 Å². The lowest BCUT2D eigenvalue weighted by atomic mass is 10.2. The van der Waals surface area contributed by atoms with E-state index in [0.29, 0.717) is 15.8 Å². The van der Waals surface area contributed by atoms with Gasteiger partial charge in [-0.1, -0.05) is 40.9 Å². The number of nitrogens with one attached hydrogen (secondary N) is 1. The van der Waals surface area contributed by atoms with Crippen molar-refractivity contribution in [1.29, 1.82) is 0 Å². The normalized spacial score (nSPS) is 10.4. The van der Waals surface area contributed by atoms with Crippen LogP contribution in [-0.4, -0.2) is 12.5 Å². The van der Waals surface area contributed by atoms with Gasteiger partial charge in [0.25, 0.3) is 5.91 Å². The third-order valence-corrected chi connectivity index (χ3v) is 3.63. The molecule has 0 spiro atoms. The van der Waals surface area contributed by atoms with Crippen LogP contribution in [0.5, 0.6) is 5.75 Å². The molecule has 0 aliphatic carbocycles. The maximum absolute atomic E-state index is 13.0. The summed E-state index contributed by atoms with van der Waals surface area (Å²) in [7, 11) is 0. The molecule has 3 nitrogen and oxygen atoms in total. The average molecular weight is 363 g/mol. The molecular formula is C15H11Cl3FNO2. The fourth-order valence-electron chi connectivity index (χ4n) is 1.63. The first-order valence-corrected chi connectivity index (χ1v) is 7.37. The van der Waals surface area contributed by atoms with Crippen molar-refractivity contribution in [1.82, 2.24) is 5.32 Å². The number of ether oxygens (including phenoxy) is 1. The molecule has 116 valence electrons. The summed E-state index contributed by atoms with van der Waals surface area (Å²) in [5.41, 5.74) is 0.740. The molecule has 7 heteroatoms. The van der Waals surface area contributed by atoms with Crippen LogP contribution in [0.4, 0.5) is 4.39 Å². The van der Waals surface area contributed by atoms with Gasteiger partial charge in [-0.2, -0.15) is 0 Å². The highest BCUT2D eigenvalue weighted by molar-refractivity contribution is 6.35. The van der Waals surface area contributed by atoms with E-state index >= 15 is 0 Å².